The zero-order valence-corrected chi connectivity index (χ0v) is 11.7. The molecule has 1 aromatic heterocycles. The summed E-state index contributed by atoms with van der Waals surface area (Å²) in [5, 5.41) is 0. The van der Waals surface area contributed by atoms with E-state index in [2.05, 4.69) is 25.9 Å². The average Bonchev–Trinajstić information content (AvgIpc) is 2.37. The number of halogens is 2. The Morgan fingerprint density at radius 3 is 2.67 bits per heavy atom. The van der Waals surface area contributed by atoms with Gasteiger partial charge >= 0.3 is 0 Å². The zero-order valence-electron chi connectivity index (χ0n) is 10.1. The molecule has 5 heteroatoms. The summed E-state index contributed by atoms with van der Waals surface area (Å²) in [7, 11) is 1.88. The van der Waals surface area contributed by atoms with E-state index in [4.69, 9.17) is 0 Å². The summed E-state index contributed by atoms with van der Waals surface area (Å²) < 4.78 is 14.4. The van der Waals surface area contributed by atoms with Gasteiger partial charge in [-0.15, -0.1) is 0 Å². The standard InChI is InChI=1S/C13H13BrFN3/c1-9(10-5-3-4-6-11(10)15)18(2)13-7-12(14)16-8-17-13/h3-9H,1-2H3. The lowest BCUT2D eigenvalue weighted by molar-refractivity contribution is 0.584. The molecule has 1 atom stereocenters. The molecular formula is C13H13BrFN3. The van der Waals surface area contributed by atoms with Gasteiger partial charge in [-0.05, 0) is 28.9 Å². The Morgan fingerprint density at radius 1 is 1.28 bits per heavy atom. The van der Waals surface area contributed by atoms with Crippen LogP contribution in [0.2, 0.25) is 0 Å². The van der Waals surface area contributed by atoms with Gasteiger partial charge < -0.3 is 4.90 Å². The molecule has 0 fully saturated rings. The maximum atomic E-state index is 13.7. The van der Waals surface area contributed by atoms with Gasteiger partial charge in [0.1, 0.15) is 22.6 Å². The van der Waals surface area contributed by atoms with Crippen LogP contribution >= 0.6 is 15.9 Å². The molecule has 0 bridgehead atoms. The van der Waals surface area contributed by atoms with Crippen molar-refractivity contribution in [2.45, 2.75) is 13.0 Å². The minimum atomic E-state index is -0.204. The van der Waals surface area contributed by atoms with Crippen molar-refractivity contribution in [3.8, 4) is 0 Å². The largest absolute Gasteiger partial charge is 0.353 e. The Morgan fingerprint density at radius 2 is 2.00 bits per heavy atom. The fourth-order valence-corrected chi connectivity index (χ4v) is 2.03. The number of rotatable bonds is 3. The first-order valence-corrected chi connectivity index (χ1v) is 6.33. The highest BCUT2D eigenvalue weighted by Gasteiger charge is 2.16. The Labute approximate surface area is 114 Å². The molecule has 1 heterocycles. The van der Waals surface area contributed by atoms with E-state index < -0.39 is 0 Å². The van der Waals surface area contributed by atoms with E-state index in [-0.39, 0.29) is 11.9 Å². The Balaban J connectivity index is 2.29. The molecule has 94 valence electrons. The number of hydrogen-bond acceptors (Lipinski definition) is 3. The smallest absolute Gasteiger partial charge is 0.133 e. The van der Waals surface area contributed by atoms with E-state index in [1.165, 1.54) is 12.4 Å². The van der Waals surface area contributed by atoms with Crippen LogP contribution in [0.25, 0.3) is 0 Å². The summed E-state index contributed by atoms with van der Waals surface area (Å²) in [4.78, 5) is 10.1. The van der Waals surface area contributed by atoms with Crippen molar-refractivity contribution in [3.63, 3.8) is 0 Å². The van der Waals surface area contributed by atoms with Crippen molar-refractivity contribution in [2.24, 2.45) is 0 Å². The SMILES string of the molecule is CC(c1ccccc1F)N(C)c1cc(Br)ncn1. The molecule has 0 saturated carbocycles. The minimum Gasteiger partial charge on any atom is -0.353 e. The highest BCUT2D eigenvalue weighted by molar-refractivity contribution is 9.10. The summed E-state index contributed by atoms with van der Waals surface area (Å²) in [5.41, 5.74) is 0.648. The van der Waals surface area contributed by atoms with Crippen LogP contribution < -0.4 is 4.90 Å². The van der Waals surface area contributed by atoms with Crippen LogP contribution in [0.4, 0.5) is 10.2 Å². The summed E-state index contributed by atoms with van der Waals surface area (Å²) in [6.45, 7) is 1.94. The molecule has 0 aliphatic heterocycles. The van der Waals surface area contributed by atoms with Gasteiger partial charge in [0.15, 0.2) is 0 Å². The van der Waals surface area contributed by atoms with Gasteiger partial charge in [0.2, 0.25) is 0 Å². The summed E-state index contributed by atoms with van der Waals surface area (Å²) >= 11 is 3.30. The van der Waals surface area contributed by atoms with Crippen LogP contribution in [0, 0.1) is 5.82 Å². The first-order valence-electron chi connectivity index (χ1n) is 5.54. The van der Waals surface area contributed by atoms with Crippen LogP contribution in [-0.2, 0) is 0 Å². The van der Waals surface area contributed by atoms with E-state index in [1.807, 2.05) is 24.9 Å². The third-order valence-electron chi connectivity index (χ3n) is 2.92. The van der Waals surface area contributed by atoms with E-state index in [0.717, 1.165) is 5.82 Å². The molecule has 3 nitrogen and oxygen atoms in total. The molecule has 0 aliphatic carbocycles. The Hall–Kier alpha value is -1.49. The summed E-state index contributed by atoms with van der Waals surface area (Å²) in [6, 6.07) is 8.47. The van der Waals surface area contributed by atoms with Crippen molar-refractivity contribution < 1.29 is 4.39 Å². The molecule has 1 aromatic carbocycles. The highest BCUT2D eigenvalue weighted by atomic mass is 79.9. The van der Waals surface area contributed by atoms with Crippen molar-refractivity contribution in [3.05, 3.63) is 52.6 Å². The maximum Gasteiger partial charge on any atom is 0.133 e. The van der Waals surface area contributed by atoms with Gasteiger partial charge in [0.25, 0.3) is 0 Å². The molecule has 0 saturated heterocycles. The van der Waals surface area contributed by atoms with Gasteiger partial charge in [0.05, 0.1) is 6.04 Å². The lowest BCUT2D eigenvalue weighted by Crippen LogP contribution is -2.23. The predicted molar refractivity (Wildman–Crippen MR) is 73.0 cm³/mol. The third kappa shape index (κ3) is 2.67. The maximum absolute atomic E-state index is 13.7. The fraction of sp³-hybridized carbons (Fsp3) is 0.231. The molecule has 18 heavy (non-hydrogen) atoms. The normalized spacial score (nSPS) is 12.2. The monoisotopic (exact) mass is 309 g/mol. The molecule has 0 amide bonds. The second-order valence-electron chi connectivity index (χ2n) is 4.01. The van der Waals surface area contributed by atoms with Crippen molar-refractivity contribution in [2.75, 3.05) is 11.9 Å². The van der Waals surface area contributed by atoms with Gasteiger partial charge in [-0.25, -0.2) is 14.4 Å². The van der Waals surface area contributed by atoms with Gasteiger partial charge in [-0.1, -0.05) is 18.2 Å². The van der Waals surface area contributed by atoms with Crippen molar-refractivity contribution in [1.82, 2.24) is 9.97 Å². The van der Waals surface area contributed by atoms with Gasteiger partial charge in [-0.2, -0.15) is 0 Å². The van der Waals surface area contributed by atoms with E-state index in [9.17, 15) is 4.39 Å². The average molecular weight is 310 g/mol. The summed E-state index contributed by atoms with van der Waals surface area (Å²) in [6.07, 6.45) is 1.48. The number of benzene rings is 1. The zero-order chi connectivity index (χ0) is 13.1. The molecule has 0 radical (unpaired) electrons. The first-order chi connectivity index (χ1) is 8.59. The molecule has 2 aromatic rings. The van der Waals surface area contributed by atoms with Gasteiger partial charge in [0, 0.05) is 18.7 Å². The molecule has 0 spiro atoms. The fourth-order valence-electron chi connectivity index (χ4n) is 1.74. The molecule has 2 rings (SSSR count). The quantitative estimate of drug-likeness (QED) is 0.812. The Kier molecular flexibility index (Phi) is 3.91. The van der Waals surface area contributed by atoms with E-state index in [1.54, 1.807) is 18.2 Å². The lowest BCUT2D eigenvalue weighted by atomic mass is 10.1. The predicted octanol–water partition coefficient (Wildman–Crippen LogP) is 3.58. The summed E-state index contributed by atoms with van der Waals surface area (Å²) in [5.74, 6) is 0.539. The van der Waals surface area contributed by atoms with Gasteiger partial charge in [-0.3, -0.25) is 0 Å². The second kappa shape index (κ2) is 5.44. The minimum absolute atomic E-state index is 0.104. The molecular weight excluding hydrogens is 297 g/mol. The van der Waals surface area contributed by atoms with Crippen LogP contribution in [0.3, 0.4) is 0 Å². The molecule has 1 unspecified atom stereocenters. The van der Waals surface area contributed by atoms with E-state index >= 15 is 0 Å². The van der Waals surface area contributed by atoms with Crippen LogP contribution in [-0.4, -0.2) is 17.0 Å². The van der Waals surface area contributed by atoms with Crippen LogP contribution in [0.1, 0.15) is 18.5 Å². The second-order valence-corrected chi connectivity index (χ2v) is 4.82. The number of anilines is 1. The molecule has 0 aliphatic rings. The number of hydrogen-bond donors (Lipinski definition) is 0. The van der Waals surface area contributed by atoms with Crippen molar-refractivity contribution in [1.29, 1.82) is 0 Å². The first kappa shape index (κ1) is 13.0. The molecule has 0 N–H and O–H groups in total. The van der Waals surface area contributed by atoms with Crippen LogP contribution in [0.15, 0.2) is 41.3 Å². The lowest BCUT2D eigenvalue weighted by Gasteiger charge is -2.26. The topological polar surface area (TPSA) is 29.0 Å². The Bertz CT molecular complexity index is 547. The highest BCUT2D eigenvalue weighted by Crippen LogP contribution is 2.26. The van der Waals surface area contributed by atoms with E-state index in [0.29, 0.717) is 10.2 Å². The number of aromatic nitrogens is 2. The van der Waals surface area contributed by atoms with Crippen LogP contribution in [0.5, 0.6) is 0 Å². The third-order valence-corrected chi connectivity index (χ3v) is 3.35. The van der Waals surface area contributed by atoms with Crippen molar-refractivity contribution >= 4 is 21.7 Å². The number of nitrogens with zero attached hydrogens (tertiary/aromatic N) is 3.